The van der Waals surface area contributed by atoms with Crippen LogP contribution in [0, 0.1) is 11.8 Å². The summed E-state index contributed by atoms with van der Waals surface area (Å²) in [5.74, 6) is 1.75. The number of rotatable bonds is 6. The van der Waals surface area contributed by atoms with Crippen LogP contribution in [0.25, 0.3) is 0 Å². The first-order valence-electron chi connectivity index (χ1n) is 10.1. The topological polar surface area (TPSA) is 65.1 Å². The fourth-order valence-corrected chi connectivity index (χ4v) is 4.55. The fraction of sp³-hybridized carbons (Fsp3) is 0.571. The van der Waals surface area contributed by atoms with Crippen molar-refractivity contribution >= 4 is 5.91 Å². The Morgan fingerprint density at radius 3 is 2.70 bits per heavy atom. The normalized spacial score (nSPS) is 21.6. The Kier molecular flexibility index (Phi) is 5.82. The van der Waals surface area contributed by atoms with Crippen molar-refractivity contribution in [3.8, 4) is 0 Å². The lowest BCUT2D eigenvalue weighted by Crippen LogP contribution is -2.37. The zero-order valence-electron chi connectivity index (χ0n) is 15.9. The van der Waals surface area contributed by atoms with E-state index in [1.54, 1.807) is 6.20 Å². The van der Waals surface area contributed by atoms with Gasteiger partial charge in [0.05, 0.1) is 6.20 Å². The maximum Gasteiger partial charge on any atom is 0.222 e. The first-order chi connectivity index (χ1) is 13.3. The van der Waals surface area contributed by atoms with Gasteiger partial charge in [0, 0.05) is 44.6 Å². The van der Waals surface area contributed by atoms with Gasteiger partial charge in [-0.2, -0.15) is 5.10 Å². The van der Waals surface area contributed by atoms with Crippen molar-refractivity contribution in [3.63, 3.8) is 0 Å². The number of hydrogen-bond acceptors (Lipinski definition) is 4. The Labute approximate surface area is 161 Å². The highest BCUT2D eigenvalue weighted by atomic mass is 16.2. The minimum atomic E-state index is 0.299. The van der Waals surface area contributed by atoms with Crippen molar-refractivity contribution in [2.75, 3.05) is 26.2 Å². The van der Waals surface area contributed by atoms with Gasteiger partial charge in [-0.05, 0) is 67.8 Å². The van der Waals surface area contributed by atoms with Gasteiger partial charge in [-0.1, -0.05) is 6.07 Å². The third-order valence-electron chi connectivity index (χ3n) is 6.19. The average Bonchev–Trinajstić information content (AvgIpc) is 3.40. The minimum Gasteiger partial charge on any atom is -0.342 e. The molecule has 2 aliphatic rings. The summed E-state index contributed by atoms with van der Waals surface area (Å²) in [5, 5.41) is 6.76. The molecule has 0 unspecified atom stereocenters. The number of hydrogen-bond donors (Lipinski definition) is 1. The number of aromatic nitrogens is 3. The third kappa shape index (κ3) is 4.75. The van der Waals surface area contributed by atoms with Crippen LogP contribution in [0.3, 0.4) is 0 Å². The van der Waals surface area contributed by atoms with Gasteiger partial charge in [-0.25, -0.2) is 0 Å². The van der Waals surface area contributed by atoms with Crippen molar-refractivity contribution in [3.05, 3.63) is 48.0 Å². The number of carbonyl (C=O) groups is 1. The SMILES string of the molecule is O=C(CCc1cn[nH]c1)N1CC[C@H](C2CCN(Cc3cccnc3)CC2)C1. The van der Waals surface area contributed by atoms with Crippen LogP contribution in [-0.4, -0.2) is 57.1 Å². The number of nitrogens with one attached hydrogen (secondary N) is 1. The predicted molar refractivity (Wildman–Crippen MR) is 104 cm³/mol. The molecule has 1 atom stereocenters. The van der Waals surface area contributed by atoms with Gasteiger partial charge >= 0.3 is 0 Å². The number of amides is 1. The van der Waals surface area contributed by atoms with Crippen LogP contribution in [0.1, 0.15) is 36.8 Å². The molecule has 4 rings (SSSR count). The summed E-state index contributed by atoms with van der Waals surface area (Å²) in [6.07, 6.45) is 12.5. The quantitative estimate of drug-likeness (QED) is 0.852. The summed E-state index contributed by atoms with van der Waals surface area (Å²) < 4.78 is 0. The van der Waals surface area contributed by atoms with Crippen molar-refractivity contribution in [1.82, 2.24) is 25.0 Å². The van der Waals surface area contributed by atoms with Crippen molar-refractivity contribution in [1.29, 1.82) is 0 Å². The molecule has 2 saturated heterocycles. The Morgan fingerprint density at radius 1 is 1.11 bits per heavy atom. The smallest absolute Gasteiger partial charge is 0.222 e. The molecule has 6 nitrogen and oxygen atoms in total. The highest BCUT2D eigenvalue weighted by molar-refractivity contribution is 5.76. The molecule has 27 heavy (non-hydrogen) atoms. The number of pyridine rings is 1. The van der Waals surface area contributed by atoms with E-state index < -0.39 is 0 Å². The zero-order valence-corrected chi connectivity index (χ0v) is 15.9. The molecule has 1 amide bonds. The van der Waals surface area contributed by atoms with E-state index in [9.17, 15) is 4.79 Å². The average molecular weight is 367 g/mol. The monoisotopic (exact) mass is 367 g/mol. The van der Waals surface area contributed by atoms with Gasteiger partial charge in [-0.15, -0.1) is 0 Å². The highest BCUT2D eigenvalue weighted by Crippen LogP contribution is 2.32. The molecule has 2 aliphatic heterocycles. The van der Waals surface area contributed by atoms with Crippen molar-refractivity contribution < 1.29 is 4.79 Å². The van der Waals surface area contributed by atoms with E-state index in [1.807, 2.05) is 24.7 Å². The van der Waals surface area contributed by atoms with E-state index >= 15 is 0 Å². The van der Waals surface area contributed by atoms with Crippen molar-refractivity contribution in [2.45, 2.75) is 38.6 Å². The Morgan fingerprint density at radius 2 is 1.96 bits per heavy atom. The van der Waals surface area contributed by atoms with Crippen LogP contribution in [-0.2, 0) is 17.8 Å². The molecule has 0 aromatic carbocycles. The summed E-state index contributed by atoms with van der Waals surface area (Å²) >= 11 is 0. The Balaban J connectivity index is 1.20. The maximum atomic E-state index is 12.5. The lowest BCUT2D eigenvalue weighted by atomic mass is 9.83. The van der Waals surface area contributed by atoms with E-state index in [0.717, 1.165) is 50.6 Å². The molecular formula is C21H29N5O. The van der Waals surface area contributed by atoms with E-state index in [2.05, 4.69) is 31.0 Å². The van der Waals surface area contributed by atoms with Gasteiger partial charge in [0.25, 0.3) is 0 Å². The highest BCUT2D eigenvalue weighted by Gasteiger charge is 2.33. The zero-order chi connectivity index (χ0) is 18.5. The Hall–Kier alpha value is -2.21. The summed E-state index contributed by atoms with van der Waals surface area (Å²) in [5.41, 5.74) is 2.41. The second-order valence-corrected chi connectivity index (χ2v) is 7.97. The number of H-pyrrole nitrogens is 1. The molecule has 0 bridgehead atoms. The second-order valence-electron chi connectivity index (χ2n) is 7.97. The molecule has 2 fully saturated rings. The molecule has 6 heteroatoms. The van der Waals surface area contributed by atoms with E-state index in [-0.39, 0.29) is 0 Å². The predicted octanol–water partition coefficient (Wildman–Crippen LogP) is 2.50. The van der Waals surface area contributed by atoms with Gasteiger partial charge in [0.15, 0.2) is 0 Å². The molecular weight excluding hydrogens is 338 g/mol. The number of aryl methyl sites for hydroxylation is 1. The molecule has 2 aromatic heterocycles. The summed E-state index contributed by atoms with van der Waals surface area (Å²) in [6, 6.07) is 4.17. The van der Waals surface area contributed by atoms with Crippen LogP contribution in [0.2, 0.25) is 0 Å². The van der Waals surface area contributed by atoms with Crippen LogP contribution in [0.15, 0.2) is 36.9 Å². The van der Waals surface area contributed by atoms with E-state index in [4.69, 9.17) is 0 Å². The molecule has 2 aromatic rings. The summed E-state index contributed by atoms with van der Waals surface area (Å²) in [4.78, 5) is 21.3. The molecule has 0 radical (unpaired) electrons. The first-order valence-corrected chi connectivity index (χ1v) is 10.1. The first kappa shape index (κ1) is 18.2. The van der Waals surface area contributed by atoms with Crippen LogP contribution >= 0.6 is 0 Å². The maximum absolute atomic E-state index is 12.5. The molecule has 0 aliphatic carbocycles. The summed E-state index contributed by atoms with van der Waals surface area (Å²) in [6.45, 7) is 5.21. The van der Waals surface area contributed by atoms with Gasteiger partial charge in [0.1, 0.15) is 0 Å². The standard InChI is InChI=1S/C21H29N5O/c27-21(4-3-17-13-23-24-14-17)26-11-7-20(16-26)19-5-9-25(10-6-19)15-18-2-1-8-22-12-18/h1-2,8,12-14,19-20H,3-7,9-11,15-16H2,(H,23,24)/t20-/m0/s1. The van der Waals surface area contributed by atoms with Gasteiger partial charge in [-0.3, -0.25) is 19.8 Å². The van der Waals surface area contributed by atoms with Gasteiger partial charge < -0.3 is 4.90 Å². The third-order valence-corrected chi connectivity index (χ3v) is 6.19. The van der Waals surface area contributed by atoms with Crippen molar-refractivity contribution in [2.24, 2.45) is 11.8 Å². The molecule has 1 N–H and O–H groups in total. The lowest BCUT2D eigenvalue weighted by molar-refractivity contribution is -0.130. The van der Waals surface area contributed by atoms with Crippen LogP contribution in [0.4, 0.5) is 0 Å². The van der Waals surface area contributed by atoms with Crippen LogP contribution in [0.5, 0.6) is 0 Å². The number of piperidine rings is 1. The Bertz CT molecular complexity index is 709. The number of carbonyl (C=O) groups excluding carboxylic acids is 1. The molecule has 0 saturated carbocycles. The largest absolute Gasteiger partial charge is 0.342 e. The number of nitrogens with zero attached hydrogens (tertiary/aromatic N) is 4. The second kappa shape index (κ2) is 8.65. The lowest BCUT2D eigenvalue weighted by Gasteiger charge is -2.34. The van der Waals surface area contributed by atoms with Gasteiger partial charge in [0.2, 0.25) is 5.91 Å². The van der Waals surface area contributed by atoms with E-state index in [1.165, 1.54) is 24.8 Å². The molecule has 144 valence electrons. The molecule has 0 spiro atoms. The fourth-order valence-electron chi connectivity index (χ4n) is 4.55. The molecule has 4 heterocycles. The number of likely N-dealkylation sites (tertiary alicyclic amines) is 2. The van der Waals surface area contributed by atoms with E-state index in [0.29, 0.717) is 18.2 Å². The number of aromatic amines is 1. The summed E-state index contributed by atoms with van der Waals surface area (Å²) in [7, 11) is 0. The minimum absolute atomic E-state index is 0.299. The van der Waals surface area contributed by atoms with Crippen LogP contribution < -0.4 is 0 Å².